The number of nitrogens with zero attached hydrogens (tertiary/aromatic N) is 1. The molecule has 4 nitrogen and oxygen atoms in total. The molecule has 90 valence electrons. The molecule has 3 N–H and O–H groups in total. The van der Waals surface area contributed by atoms with Gasteiger partial charge in [0.15, 0.2) is 0 Å². The van der Waals surface area contributed by atoms with Crippen LogP contribution < -0.4 is 10.6 Å². The van der Waals surface area contributed by atoms with Gasteiger partial charge in [-0.3, -0.25) is 4.99 Å². The van der Waals surface area contributed by atoms with E-state index in [2.05, 4.69) is 10.6 Å². The molecule has 2 heterocycles. The number of phenols is 1. The number of benzene rings is 1. The molecule has 3 rings (SSSR count). The fourth-order valence-corrected chi connectivity index (χ4v) is 2.50. The van der Waals surface area contributed by atoms with Crippen LogP contribution in [0.5, 0.6) is 5.75 Å². The van der Waals surface area contributed by atoms with Crippen LogP contribution in [0.25, 0.3) is 0 Å². The summed E-state index contributed by atoms with van der Waals surface area (Å²) in [5.74, 6) is 1.39. The molecule has 0 radical (unpaired) electrons. The van der Waals surface area contributed by atoms with E-state index in [0.717, 1.165) is 31.8 Å². The smallest absolute Gasteiger partial charge is 0.115 e. The summed E-state index contributed by atoms with van der Waals surface area (Å²) in [6.07, 6.45) is 1.95. The lowest BCUT2D eigenvalue weighted by atomic mass is 10.0. The Balaban J connectivity index is 1.68. The van der Waals surface area contributed by atoms with Crippen LogP contribution in [0.2, 0.25) is 0 Å². The maximum absolute atomic E-state index is 9.23. The van der Waals surface area contributed by atoms with E-state index in [0.29, 0.717) is 17.8 Å². The largest absolute Gasteiger partial charge is 0.508 e. The Morgan fingerprint density at radius 3 is 2.88 bits per heavy atom. The van der Waals surface area contributed by atoms with Gasteiger partial charge >= 0.3 is 0 Å². The number of nitrogens with one attached hydrogen (secondary N) is 2. The molecular weight excluding hydrogens is 214 g/mol. The minimum absolute atomic E-state index is 0.313. The SMILES string of the molecule is Oc1ccc(CC2=NC3CCNCC3N2)cc1. The first-order chi connectivity index (χ1) is 8.31. The lowest BCUT2D eigenvalue weighted by Gasteiger charge is -2.24. The van der Waals surface area contributed by atoms with Crippen molar-refractivity contribution in [1.82, 2.24) is 10.6 Å². The fourth-order valence-electron chi connectivity index (χ4n) is 2.50. The second-order valence-electron chi connectivity index (χ2n) is 4.73. The number of rotatable bonds is 2. The maximum Gasteiger partial charge on any atom is 0.115 e. The molecule has 1 aromatic rings. The Hall–Kier alpha value is -1.55. The number of fused-ring (bicyclic) bond motifs is 1. The molecule has 1 fully saturated rings. The summed E-state index contributed by atoms with van der Waals surface area (Å²) in [7, 11) is 0. The van der Waals surface area contributed by atoms with Gasteiger partial charge in [0, 0.05) is 13.0 Å². The Bertz CT molecular complexity index is 427. The molecule has 0 aliphatic carbocycles. The number of piperidine rings is 1. The lowest BCUT2D eigenvalue weighted by Crippen LogP contribution is -2.48. The molecule has 17 heavy (non-hydrogen) atoms. The third-order valence-electron chi connectivity index (χ3n) is 3.43. The molecule has 4 heteroatoms. The highest BCUT2D eigenvalue weighted by molar-refractivity contribution is 5.86. The summed E-state index contributed by atoms with van der Waals surface area (Å²) in [5, 5.41) is 16.1. The first kappa shape index (κ1) is 10.6. The number of hydrogen-bond donors (Lipinski definition) is 3. The Labute approximate surface area is 101 Å². The maximum atomic E-state index is 9.23. The molecule has 0 aromatic heterocycles. The molecule has 2 unspecified atom stereocenters. The zero-order valence-electron chi connectivity index (χ0n) is 9.69. The predicted octanol–water partition coefficient (Wildman–Crippen LogP) is 0.667. The zero-order valence-corrected chi connectivity index (χ0v) is 9.69. The number of phenolic OH excluding ortho intramolecular Hbond substituents is 1. The van der Waals surface area contributed by atoms with E-state index in [-0.39, 0.29) is 0 Å². The highest BCUT2D eigenvalue weighted by Crippen LogP contribution is 2.16. The van der Waals surface area contributed by atoms with E-state index in [4.69, 9.17) is 4.99 Å². The van der Waals surface area contributed by atoms with E-state index in [1.165, 1.54) is 5.56 Å². The Morgan fingerprint density at radius 2 is 2.12 bits per heavy atom. The van der Waals surface area contributed by atoms with Crippen molar-refractivity contribution >= 4 is 5.84 Å². The fraction of sp³-hybridized carbons (Fsp3) is 0.462. The van der Waals surface area contributed by atoms with E-state index in [1.807, 2.05) is 12.1 Å². The highest BCUT2D eigenvalue weighted by atomic mass is 16.3. The topological polar surface area (TPSA) is 56.7 Å². The minimum atomic E-state index is 0.313. The van der Waals surface area contributed by atoms with E-state index in [9.17, 15) is 5.11 Å². The van der Waals surface area contributed by atoms with Crippen LogP contribution in [0.15, 0.2) is 29.3 Å². The molecule has 0 amide bonds. The summed E-state index contributed by atoms with van der Waals surface area (Å²) >= 11 is 0. The summed E-state index contributed by atoms with van der Waals surface area (Å²) in [4.78, 5) is 4.73. The molecule has 0 bridgehead atoms. The van der Waals surface area contributed by atoms with Crippen LogP contribution in [0.4, 0.5) is 0 Å². The van der Waals surface area contributed by atoms with E-state index < -0.39 is 0 Å². The van der Waals surface area contributed by atoms with Crippen LogP contribution in [0, 0.1) is 0 Å². The molecule has 2 aliphatic rings. The molecule has 2 atom stereocenters. The van der Waals surface area contributed by atoms with Crippen molar-refractivity contribution in [3.63, 3.8) is 0 Å². The number of aromatic hydroxyl groups is 1. The molecule has 1 saturated heterocycles. The van der Waals surface area contributed by atoms with Crippen LogP contribution in [0.3, 0.4) is 0 Å². The van der Waals surface area contributed by atoms with Gasteiger partial charge in [0.1, 0.15) is 11.6 Å². The zero-order chi connectivity index (χ0) is 11.7. The van der Waals surface area contributed by atoms with Crippen LogP contribution in [-0.4, -0.2) is 36.1 Å². The molecular formula is C13H17N3O. The van der Waals surface area contributed by atoms with E-state index >= 15 is 0 Å². The van der Waals surface area contributed by atoms with Gasteiger partial charge in [-0.25, -0.2) is 0 Å². The third-order valence-corrected chi connectivity index (χ3v) is 3.43. The normalized spacial score (nSPS) is 27.2. The average Bonchev–Trinajstić information content (AvgIpc) is 2.74. The summed E-state index contributed by atoms with van der Waals surface area (Å²) < 4.78 is 0. The molecule has 0 saturated carbocycles. The Kier molecular flexibility index (Phi) is 2.73. The van der Waals surface area contributed by atoms with Crippen molar-refractivity contribution in [2.75, 3.05) is 13.1 Å². The highest BCUT2D eigenvalue weighted by Gasteiger charge is 2.30. The first-order valence-electron chi connectivity index (χ1n) is 6.13. The summed E-state index contributed by atoms with van der Waals surface area (Å²) in [6.45, 7) is 2.08. The van der Waals surface area contributed by atoms with Crippen molar-refractivity contribution in [3.05, 3.63) is 29.8 Å². The molecule has 0 spiro atoms. The van der Waals surface area contributed by atoms with Gasteiger partial charge in [0.05, 0.1) is 12.1 Å². The van der Waals surface area contributed by atoms with Crippen molar-refractivity contribution in [1.29, 1.82) is 0 Å². The summed E-state index contributed by atoms with van der Waals surface area (Å²) in [5.41, 5.74) is 1.18. The van der Waals surface area contributed by atoms with Crippen molar-refractivity contribution in [2.45, 2.75) is 24.9 Å². The molecule has 1 aromatic carbocycles. The number of amidine groups is 1. The lowest BCUT2D eigenvalue weighted by molar-refractivity contribution is 0.402. The van der Waals surface area contributed by atoms with Gasteiger partial charge in [-0.05, 0) is 30.7 Å². The Morgan fingerprint density at radius 1 is 1.29 bits per heavy atom. The van der Waals surface area contributed by atoms with Gasteiger partial charge in [-0.15, -0.1) is 0 Å². The van der Waals surface area contributed by atoms with Gasteiger partial charge in [0.25, 0.3) is 0 Å². The van der Waals surface area contributed by atoms with Gasteiger partial charge in [0.2, 0.25) is 0 Å². The van der Waals surface area contributed by atoms with Gasteiger partial charge in [-0.2, -0.15) is 0 Å². The van der Waals surface area contributed by atoms with Gasteiger partial charge in [-0.1, -0.05) is 12.1 Å². The van der Waals surface area contributed by atoms with Gasteiger partial charge < -0.3 is 15.7 Å². The second kappa shape index (κ2) is 4.37. The third kappa shape index (κ3) is 2.26. The second-order valence-corrected chi connectivity index (χ2v) is 4.73. The van der Waals surface area contributed by atoms with Crippen LogP contribution in [0.1, 0.15) is 12.0 Å². The summed E-state index contributed by atoms with van der Waals surface area (Å²) in [6, 6.07) is 8.25. The monoisotopic (exact) mass is 231 g/mol. The van der Waals surface area contributed by atoms with Crippen molar-refractivity contribution in [2.24, 2.45) is 4.99 Å². The number of aliphatic imine (C=N–C) groups is 1. The number of hydrogen-bond acceptors (Lipinski definition) is 4. The minimum Gasteiger partial charge on any atom is -0.508 e. The quantitative estimate of drug-likeness (QED) is 0.701. The van der Waals surface area contributed by atoms with Crippen molar-refractivity contribution < 1.29 is 5.11 Å². The molecule has 2 aliphatic heterocycles. The van der Waals surface area contributed by atoms with Crippen LogP contribution >= 0.6 is 0 Å². The first-order valence-corrected chi connectivity index (χ1v) is 6.13. The predicted molar refractivity (Wildman–Crippen MR) is 67.4 cm³/mol. The standard InChI is InChI=1S/C13H17N3O/c17-10-3-1-9(2-4-10)7-13-15-11-5-6-14-8-12(11)16-13/h1-4,11-12,14,17H,5-8H2,(H,15,16). The van der Waals surface area contributed by atoms with E-state index in [1.54, 1.807) is 12.1 Å². The average molecular weight is 231 g/mol. The van der Waals surface area contributed by atoms with Crippen molar-refractivity contribution in [3.8, 4) is 5.75 Å². The van der Waals surface area contributed by atoms with Crippen LogP contribution in [-0.2, 0) is 6.42 Å².